The first-order valence-corrected chi connectivity index (χ1v) is 6.59. The van der Waals surface area contributed by atoms with Gasteiger partial charge in [0.05, 0.1) is 34.0 Å². The van der Waals surface area contributed by atoms with Crippen molar-refractivity contribution in [2.24, 2.45) is 0 Å². The number of rotatable bonds is 5. The zero-order chi connectivity index (χ0) is 15.4. The molecular weight excluding hydrogens is 319 g/mol. The van der Waals surface area contributed by atoms with Crippen LogP contribution in [-0.4, -0.2) is 32.0 Å². The Kier molecular flexibility index (Phi) is 4.77. The van der Waals surface area contributed by atoms with Gasteiger partial charge in [0.25, 0.3) is 0 Å². The minimum Gasteiger partial charge on any atom is -0.478 e. The molecule has 1 aromatic heterocycles. The second-order valence-electron chi connectivity index (χ2n) is 4.08. The monoisotopic (exact) mass is 328 g/mol. The number of aryl methyl sites for hydroxylation is 1. The van der Waals surface area contributed by atoms with Crippen LogP contribution in [0.25, 0.3) is 0 Å². The molecule has 0 aliphatic carbocycles. The van der Waals surface area contributed by atoms with Crippen molar-refractivity contribution in [2.45, 2.75) is 13.0 Å². The number of nitrogens with zero attached hydrogens (tertiary/aromatic N) is 3. The number of amides is 1. The Bertz CT molecular complexity index is 650. The van der Waals surface area contributed by atoms with Crippen LogP contribution in [0.5, 0.6) is 0 Å². The number of hydrogen-bond donors (Lipinski definition) is 2. The van der Waals surface area contributed by atoms with Crippen molar-refractivity contribution in [1.29, 1.82) is 0 Å². The van der Waals surface area contributed by atoms with Crippen LogP contribution in [0.15, 0.2) is 24.5 Å². The minimum absolute atomic E-state index is 0.0504. The fraction of sp³-hybridized carbons (Fsp3) is 0.167. The van der Waals surface area contributed by atoms with Crippen molar-refractivity contribution < 1.29 is 14.7 Å². The molecule has 1 heterocycles. The Balaban J connectivity index is 2.05. The summed E-state index contributed by atoms with van der Waals surface area (Å²) in [6.45, 7) is 0.355. The van der Waals surface area contributed by atoms with Crippen LogP contribution in [0.1, 0.15) is 16.8 Å². The normalized spacial score (nSPS) is 10.4. The maximum Gasteiger partial charge on any atom is 0.335 e. The number of nitrogens with one attached hydrogen (secondary N) is 1. The lowest BCUT2D eigenvalue weighted by Crippen LogP contribution is -2.15. The molecule has 0 saturated carbocycles. The van der Waals surface area contributed by atoms with E-state index in [0.717, 1.165) is 0 Å². The predicted molar refractivity (Wildman–Crippen MR) is 76.7 cm³/mol. The highest BCUT2D eigenvalue weighted by Crippen LogP contribution is 2.32. The number of carbonyl (C=O) groups is 2. The molecule has 0 fully saturated rings. The van der Waals surface area contributed by atoms with Gasteiger partial charge in [-0.15, -0.1) is 5.10 Å². The highest BCUT2D eigenvalue weighted by molar-refractivity contribution is 6.40. The van der Waals surface area contributed by atoms with E-state index in [9.17, 15) is 9.59 Å². The third-order valence-electron chi connectivity index (χ3n) is 2.59. The molecule has 0 aliphatic heterocycles. The molecule has 110 valence electrons. The lowest BCUT2D eigenvalue weighted by molar-refractivity contribution is -0.116. The standard InChI is InChI=1S/C12H10Cl2N4O3/c13-8-5-7(12(20)21)6-9(14)11(8)16-10(19)1-3-18-4-2-15-17-18/h2,4-6H,1,3H2,(H,16,19)(H,20,21). The SMILES string of the molecule is O=C(CCn1ccnn1)Nc1c(Cl)cc(C(=O)O)cc1Cl. The van der Waals surface area contributed by atoms with E-state index in [1.165, 1.54) is 23.0 Å². The number of carboxylic acid groups (broad SMARTS) is 1. The van der Waals surface area contributed by atoms with Gasteiger partial charge in [0.1, 0.15) is 0 Å². The number of anilines is 1. The second-order valence-corrected chi connectivity index (χ2v) is 4.90. The van der Waals surface area contributed by atoms with Gasteiger partial charge < -0.3 is 10.4 Å². The van der Waals surface area contributed by atoms with E-state index < -0.39 is 5.97 Å². The molecule has 0 aliphatic rings. The highest BCUT2D eigenvalue weighted by atomic mass is 35.5. The van der Waals surface area contributed by atoms with Gasteiger partial charge in [0.15, 0.2) is 0 Å². The van der Waals surface area contributed by atoms with Gasteiger partial charge >= 0.3 is 5.97 Å². The maximum absolute atomic E-state index is 11.8. The number of aromatic nitrogens is 3. The van der Waals surface area contributed by atoms with Crippen molar-refractivity contribution in [3.05, 3.63) is 40.1 Å². The molecule has 2 rings (SSSR count). The second kappa shape index (κ2) is 6.55. The third-order valence-corrected chi connectivity index (χ3v) is 3.19. The fourth-order valence-corrected chi connectivity index (χ4v) is 2.17. The number of benzene rings is 1. The Morgan fingerprint density at radius 1 is 1.29 bits per heavy atom. The molecule has 7 nitrogen and oxygen atoms in total. The third kappa shape index (κ3) is 3.93. The first-order valence-electron chi connectivity index (χ1n) is 5.83. The molecule has 2 aromatic rings. The van der Waals surface area contributed by atoms with Crippen molar-refractivity contribution in [2.75, 3.05) is 5.32 Å². The molecule has 21 heavy (non-hydrogen) atoms. The summed E-state index contributed by atoms with van der Waals surface area (Å²) in [6, 6.07) is 2.45. The molecule has 0 saturated heterocycles. The lowest BCUT2D eigenvalue weighted by Gasteiger charge is -2.10. The molecule has 9 heteroatoms. The Hall–Kier alpha value is -2.12. The number of hydrogen-bond acceptors (Lipinski definition) is 4. The average molecular weight is 329 g/mol. The smallest absolute Gasteiger partial charge is 0.335 e. The van der Waals surface area contributed by atoms with Crippen molar-refractivity contribution >= 4 is 40.8 Å². The first-order chi connectivity index (χ1) is 9.97. The van der Waals surface area contributed by atoms with Crippen LogP contribution in [0.3, 0.4) is 0 Å². The van der Waals surface area contributed by atoms with E-state index in [1.807, 2.05) is 0 Å². The molecule has 0 unspecified atom stereocenters. The summed E-state index contributed by atoms with van der Waals surface area (Å²) >= 11 is 11.9. The summed E-state index contributed by atoms with van der Waals surface area (Å²) in [5.41, 5.74) is 0.137. The van der Waals surface area contributed by atoms with Crippen molar-refractivity contribution in [1.82, 2.24) is 15.0 Å². The van der Waals surface area contributed by atoms with Crippen LogP contribution in [-0.2, 0) is 11.3 Å². The molecule has 0 bridgehead atoms. The van der Waals surface area contributed by atoms with E-state index in [4.69, 9.17) is 28.3 Å². The number of aromatic carboxylic acids is 1. The zero-order valence-corrected chi connectivity index (χ0v) is 12.1. The van der Waals surface area contributed by atoms with E-state index >= 15 is 0 Å². The van der Waals surface area contributed by atoms with Crippen LogP contribution < -0.4 is 5.32 Å². The van der Waals surface area contributed by atoms with Crippen LogP contribution in [0, 0.1) is 0 Å². The van der Waals surface area contributed by atoms with Crippen LogP contribution >= 0.6 is 23.2 Å². The molecule has 1 amide bonds. The minimum atomic E-state index is -1.15. The largest absolute Gasteiger partial charge is 0.478 e. The van der Waals surface area contributed by atoms with Crippen LogP contribution in [0.2, 0.25) is 10.0 Å². The van der Waals surface area contributed by atoms with Gasteiger partial charge in [0, 0.05) is 12.6 Å². The topological polar surface area (TPSA) is 97.1 Å². The molecule has 2 N–H and O–H groups in total. The summed E-state index contributed by atoms with van der Waals surface area (Å²) in [4.78, 5) is 22.7. The molecular formula is C12H10Cl2N4O3. The van der Waals surface area contributed by atoms with E-state index in [0.29, 0.717) is 6.54 Å². The molecule has 0 radical (unpaired) electrons. The summed E-state index contributed by atoms with van der Waals surface area (Å²) in [7, 11) is 0. The van der Waals surface area contributed by atoms with E-state index in [1.54, 1.807) is 6.20 Å². The Morgan fingerprint density at radius 2 is 1.95 bits per heavy atom. The van der Waals surface area contributed by atoms with Gasteiger partial charge in [-0.2, -0.15) is 0 Å². The van der Waals surface area contributed by atoms with Crippen molar-refractivity contribution in [3.63, 3.8) is 0 Å². The van der Waals surface area contributed by atoms with Gasteiger partial charge in [-0.1, -0.05) is 28.4 Å². The number of carboxylic acids is 1. The molecule has 0 spiro atoms. The Labute approximate surface area is 129 Å². The average Bonchev–Trinajstić information content (AvgIpc) is 2.93. The van der Waals surface area contributed by atoms with Gasteiger partial charge in [-0.3, -0.25) is 9.48 Å². The molecule has 0 atom stereocenters. The van der Waals surface area contributed by atoms with Crippen molar-refractivity contribution in [3.8, 4) is 0 Å². The molecule has 1 aromatic carbocycles. The number of carbonyl (C=O) groups excluding carboxylic acids is 1. The summed E-state index contributed by atoms with van der Waals surface area (Å²) in [5.74, 6) is -1.47. The van der Waals surface area contributed by atoms with Gasteiger partial charge in [0.2, 0.25) is 5.91 Å². The van der Waals surface area contributed by atoms with E-state index in [2.05, 4.69) is 15.6 Å². The zero-order valence-electron chi connectivity index (χ0n) is 10.6. The van der Waals surface area contributed by atoms with Crippen LogP contribution in [0.4, 0.5) is 5.69 Å². The van der Waals surface area contributed by atoms with E-state index in [-0.39, 0.29) is 33.6 Å². The maximum atomic E-state index is 11.8. The quantitative estimate of drug-likeness (QED) is 0.877. The van der Waals surface area contributed by atoms with Gasteiger partial charge in [-0.25, -0.2) is 4.79 Å². The fourth-order valence-electron chi connectivity index (χ4n) is 1.59. The summed E-state index contributed by atoms with van der Waals surface area (Å²) < 4.78 is 1.51. The Morgan fingerprint density at radius 3 is 2.48 bits per heavy atom. The van der Waals surface area contributed by atoms with Gasteiger partial charge in [-0.05, 0) is 12.1 Å². The number of halogens is 2. The lowest BCUT2D eigenvalue weighted by atomic mass is 10.2. The summed E-state index contributed by atoms with van der Waals surface area (Å²) in [5, 5.41) is 18.9. The predicted octanol–water partition coefficient (Wildman–Crippen LogP) is 2.31. The highest BCUT2D eigenvalue weighted by Gasteiger charge is 2.14. The summed E-state index contributed by atoms with van der Waals surface area (Å²) in [6.07, 6.45) is 3.29. The first kappa shape index (κ1) is 15.3.